The minimum atomic E-state index is -0.810. The predicted molar refractivity (Wildman–Crippen MR) is 101 cm³/mol. The van der Waals surface area contributed by atoms with Crippen LogP contribution in [0.2, 0.25) is 0 Å². The molecule has 1 aromatic heterocycles. The fourth-order valence-corrected chi connectivity index (χ4v) is 3.79. The van der Waals surface area contributed by atoms with Gasteiger partial charge < -0.3 is 10.1 Å². The standard InChI is InChI=1S/C21H21N3O4/c25-17(14-24-19(26)21(23-20(24)27)11-3-1-4-12-21)15-7-9-16(10-8-15)28-18-6-2-5-13-22-18/h2,5-10,13H,1,3-4,11-12,14H2,(H,23,27). The Kier molecular flexibility index (Phi) is 4.81. The first-order chi connectivity index (χ1) is 13.6. The lowest BCUT2D eigenvalue weighted by Crippen LogP contribution is -2.48. The molecule has 2 aliphatic rings. The molecule has 7 heteroatoms. The minimum Gasteiger partial charge on any atom is -0.439 e. The van der Waals surface area contributed by atoms with Crippen molar-refractivity contribution in [3.63, 3.8) is 0 Å². The molecule has 1 N–H and O–H groups in total. The molecule has 1 saturated carbocycles. The van der Waals surface area contributed by atoms with Gasteiger partial charge in [-0.3, -0.25) is 14.5 Å². The zero-order valence-electron chi connectivity index (χ0n) is 15.4. The Labute approximate surface area is 162 Å². The fourth-order valence-electron chi connectivity index (χ4n) is 3.79. The number of rotatable bonds is 5. The number of aromatic nitrogens is 1. The number of urea groups is 1. The first-order valence-corrected chi connectivity index (χ1v) is 9.44. The molecule has 2 heterocycles. The van der Waals surface area contributed by atoms with Crippen molar-refractivity contribution in [1.82, 2.24) is 15.2 Å². The highest BCUT2D eigenvalue weighted by atomic mass is 16.5. The molecule has 1 aromatic carbocycles. The van der Waals surface area contributed by atoms with Crippen molar-refractivity contribution in [3.05, 3.63) is 54.2 Å². The topological polar surface area (TPSA) is 88.6 Å². The maximum Gasteiger partial charge on any atom is 0.325 e. The van der Waals surface area contributed by atoms with Gasteiger partial charge in [0, 0.05) is 17.8 Å². The van der Waals surface area contributed by atoms with Crippen molar-refractivity contribution in [2.45, 2.75) is 37.6 Å². The molecule has 144 valence electrons. The van der Waals surface area contributed by atoms with E-state index < -0.39 is 11.6 Å². The normalized spacial score (nSPS) is 18.2. The molecule has 0 bridgehead atoms. The highest BCUT2D eigenvalue weighted by Gasteiger charge is 2.51. The van der Waals surface area contributed by atoms with E-state index >= 15 is 0 Å². The number of hydrogen-bond donors (Lipinski definition) is 1. The van der Waals surface area contributed by atoms with Gasteiger partial charge in [0.15, 0.2) is 5.78 Å². The number of nitrogens with zero attached hydrogens (tertiary/aromatic N) is 2. The van der Waals surface area contributed by atoms with E-state index in [2.05, 4.69) is 10.3 Å². The Hall–Kier alpha value is -3.22. The van der Waals surface area contributed by atoms with Crippen molar-refractivity contribution >= 4 is 17.7 Å². The summed E-state index contributed by atoms with van der Waals surface area (Å²) in [5.41, 5.74) is -0.394. The third kappa shape index (κ3) is 3.47. The van der Waals surface area contributed by atoms with Crippen LogP contribution in [-0.4, -0.2) is 39.7 Å². The molecule has 3 amide bonds. The van der Waals surface area contributed by atoms with Gasteiger partial charge in [-0.05, 0) is 43.2 Å². The molecule has 0 radical (unpaired) electrons. The summed E-state index contributed by atoms with van der Waals surface area (Å²) < 4.78 is 5.60. The number of ketones is 1. The van der Waals surface area contributed by atoms with E-state index in [4.69, 9.17) is 4.74 Å². The second kappa shape index (κ2) is 7.42. The molecular weight excluding hydrogens is 358 g/mol. The Morgan fingerprint density at radius 1 is 1.07 bits per heavy atom. The van der Waals surface area contributed by atoms with Crippen LogP contribution in [0.3, 0.4) is 0 Å². The van der Waals surface area contributed by atoms with Gasteiger partial charge in [0.25, 0.3) is 5.91 Å². The van der Waals surface area contributed by atoms with E-state index in [1.165, 1.54) is 0 Å². The lowest BCUT2D eigenvalue weighted by atomic mass is 9.82. The Bertz CT molecular complexity index is 890. The zero-order valence-corrected chi connectivity index (χ0v) is 15.4. The van der Waals surface area contributed by atoms with Gasteiger partial charge >= 0.3 is 6.03 Å². The number of nitrogens with one attached hydrogen (secondary N) is 1. The van der Waals surface area contributed by atoms with Gasteiger partial charge in [-0.15, -0.1) is 0 Å². The number of carbonyl (C=O) groups is 3. The zero-order chi connectivity index (χ0) is 19.6. The first-order valence-electron chi connectivity index (χ1n) is 9.44. The van der Waals surface area contributed by atoms with Gasteiger partial charge in [0.1, 0.15) is 11.3 Å². The molecule has 1 saturated heterocycles. The van der Waals surface area contributed by atoms with Crippen molar-refractivity contribution in [3.8, 4) is 11.6 Å². The highest BCUT2D eigenvalue weighted by molar-refractivity contribution is 6.11. The maximum atomic E-state index is 12.8. The summed E-state index contributed by atoms with van der Waals surface area (Å²) in [7, 11) is 0. The molecule has 2 fully saturated rings. The summed E-state index contributed by atoms with van der Waals surface area (Å²) in [6, 6.07) is 11.4. The van der Waals surface area contributed by atoms with Crippen molar-refractivity contribution in [2.24, 2.45) is 0 Å². The van der Waals surface area contributed by atoms with E-state index in [1.807, 2.05) is 6.07 Å². The number of ether oxygens (including phenoxy) is 1. The molecular formula is C21H21N3O4. The lowest BCUT2D eigenvalue weighted by Gasteiger charge is -2.30. The SMILES string of the molecule is O=C(CN1C(=O)NC2(CCCCC2)C1=O)c1ccc(Oc2ccccn2)cc1. The van der Waals surface area contributed by atoms with Crippen LogP contribution in [0.5, 0.6) is 11.6 Å². The summed E-state index contributed by atoms with van der Waals surface area (Å²) in [6.45, 7) is -0.257. The van der Waals surface area contributed by atoms with Crippen LogP contribution in [0.4, 0.5) is 4.79 Å². The number of amides is 3. The van der Waals surface area contributed by atoms with E-state index in [0.29, 0.717) is 30.0 Å². The Balaban J connectivity index is 1.42. The summed E-state index contributed by atoms with van der Waals surface area (Å²) in [5, 5.41) is 2.82. The summed E-state index contributed by atoms with van der Waals surface area (Å²) in [6.07, 6.45) is 5.79. The number of imide groups is 1. The smallest absolute Gasteiger partial charge is 0.325 e. The van der Waals surface area contributed by atoms with Crippen LogP contribution in [0.1, 0.15) is 42.5 Å². The monoisotopic (exact) mass is 379 g/mol. The largest absolute Gasteiger partial charge is 0.439 e. The van der Waals surface area contributed by atoms with Gasteiger partial charge in [-0.1, -0.05) is 25.3 Å². The Morgan fingerprint density at radius 2 is 1.82 bits per heavy atom. The molecule has 1 spiro atoms. The summed E-state index contributed by atoms with van der Waals surface area (Å²) >= 11 is 0. The van der Waals surface area contributed by atoms with Gasteiger partial charge in [-0.25, -0.2) is 9.78 Å². The number of benzene rings is 1. The van der Waals surface area contributed by atoms with Gasteiger partial charge in [-0.2, -0.15) is 0 Å². The lowest BCUT2D eigenvalue weighted by molar-refractivity contribution is -0.132. The molecule has 0 unspecified atom stereocenters. The van der Waals surface area contributed by atoms with Crippen LogP contribution in [-0.2, 0) is 4.79 Å². The number of hydrogen-bond acceptors (Lipinski definition) is 5. The Morgan fingerprint density at radius 3 is 2.50 bits per heavy atom. The number of Topliss-reactive ketones (excluding diaryl/α,β-unsaturated/α-hetero) is 1. The predicted octanol–water partition coefficient (Wildman–Crippen LogP) is 3.31. The van der Waals surface area contributed by atoms with E-state index in [1.54, 1.807) is 42.6 Å². The van der Waals surface area contributed by atoms with E-state index in [-0.39, 0.29) is 18.2 Å². The quantitative estimate of drug-likeness (QED) is 0.636. The maximum absolute atomic E-state index is 12.8. The van der Waals surface area contributed by atoms with Crippen LogP contribution < -0.4 is 10.1 Å². The third-order valence-corrected chi connectivity index (χ3v) is 5.29. The van der Waals surface area contributed by atoms with Crippen LogP contribution in [0, 0.1) is 0 Å². The molecule has 28 heavy (non-hydrogen) atoms. The molecule has 1 aliphatic heterocycles. The van der Waals surface area contributed by atoms with Crippen LogP contribution in [0.15, 0.2) is 48.7 Å². The third-order valence-electron chi connectivity index (χ3n) is 5.29. The average molecular weight is 379 g/mol. The van der Waals surface area contributed by atoms with Crippen LogP contribution in [0.25, 0.3) is 0 Å². The summed E-state index contributed by atoms with van der Waals surface area (Å²) in [4.78, 5) is 42.8. The molecule has 4 rings (SSSR count). The minimum absolute atomic E-state index is 0.257. The van der Waals surface area contributed by atoms with Crippen molar-refractivity contribution < 1.29 is 19.1 Å². The van der Waals surface area contributed by atoms with Gasteiger partial charge in [0.05, 0.1) is 6.54 Å². The highest BCUT2D eigenvalue weighted by Crippen LogP contribution is 2.33. The van der Waals surface area contributed by atoms with Crippen LogP contribution >= 0.6 is 0 Å². The number of carbonyl (C=O) groups excluding carboxylic acids is 3. The molecule has 7 nitrogen and oxygen atoms in total. The molecule has 0 atom stereocenters. The van der Waals surface area contributed by atoms with Gasteiger partial charge in [0.2, 0.25) is 5.88 Å². The van der Waals surface area contributed by atoms with E-state index in [9.17, 15) is 14.4 Å². The average Bonchev–Trinajstić information content (AvgIpc) is 2.94. The molecule has 2 aromatic rings. The second-order valence-corrected chi connectivity index (χ2v) is 7.18. The fraction of sp³-hybridized carbons (Fsp3) is 0.333. The second-order valence-electron chi connectivity index (χ2n) is 7.18. The first kappa shape index (κ1) is 18.2. The van der Waals surface area contributed by atoms with Crippen molar-refractivity contribution in [1.29, 1.82) is 0 Å². The van der Waals surface area contributed by atoms with Crippen molar-refractivity contribution in [2.75, 3.05) is 6.54 Å². The summed E-state index contributed by atoms with van der Waals surface area (Å²) in [5.74, 6) is 0.437. The van der Waals surface area contributed by atoms with E-state index in [0.717, 1.165) is 24.2 Å². The molecule has 1 aliphatic carbocycles. The number of pyridine rings is 1.